The molecule has 92 valence electrons. The van der Waals surface area contributed by atoms with E-state index in [2.05, 4.69) is 17.2 Å². The molecule has 2 atom stereocenters. The third kappa shape index (κ3) is 2.14. The number of nitrogens with zero attached hydrogens (tertiary/aromatic N) is 2. The smallest absolute Gasteiger partial charge is 0.307 e. The van der Waals surface area contributed by atoms with Crippen molar-refractivity contribution in [2.45, 2.75) is 18.9 Å². The molecule has 0 saturated heterocycles. The summed E-state index contributed by atoms with van der Waals surface area (Å²) in [4.78, 5) is 10.8. The van der Waals surface area contributed by atoms with Gasteiger partial charge in [0.2, 0.25) is 0 Å². The summed E-state index contributed by atoms with van der Waals surface area (Å²) < 4.78 is 1.86. The highest BCUT2D eigenvalue weighted by Gasteiger charge is 2.44. The number of carboxylic acids is 1. The van der Waals surface area contributed by atoms with E-state index in [0.717, 1.165) is 18.5 Å². The lowest BCUT2D eigenvalue weighted by Crippen LogP contribution is -2.00. The Hall–Kier alpha value is -2.10. The number of hydrogen-bond acceptors (Lipinski definition) is 2. The summed E-state index contributed by atoms with van der Waals surface area (Å²) in [5.41, 5.74) is 2.23. The summed E-state index contributed by atoms with van der Waals surface area (Å²) >= 11 is 0. The molecule has 1 N–H and O–H groups in total. The van der Waals surface area contributed by atoms with Crippen LogP contribution in [0.1, 0.15) is 23.5 Å². The van der Waals surface area contributed by atoms with Crippen LogP contribution in [0.3, 0.4) is 0 Å². The van der Waals surface area contributed by atoms with Crippen molar-refractivity contribution < 1.29 is 9.90 Å². The van der Waals surface area contributed by atoms with Crippen molar-refractivity contribution in [3.8, 4) is 0 Å². The molecule has 4 nitrogen and oxygen atoms in total. The molecule has 0 spiro atoms. The van der Waals surface area contributed by atoms with Crippen LogP contribution < -0.4 is 0 Å². The van der Waals surface area contributed by atoms with Crippen LogP contribution in [-0.4, -0.2) is 20.9 Å². The average molecular weight is 242 g/mol. The molecule has 1 fully saturated rings. The Morgan fingerprint density at radius 1 is 1.39 bits per heavy atom. The number of hydrogen-bond donors (Lipinski definition) is 1. The summed E-state index contributed by atoms with van der Waals surface area (Å²) in [5.74, 6) is -0.748. The minimum Gasteiger partial charge on any atom is -0.481 e. The summed E-state index contributed by atoms with van der Waals surface area (Å²) in [5, 5.41) is 13.2. The highest BCUT2D eigenvalue weighted by molar-refractivity contribution is 5.75. The number of rotatable bonds is 4. The zero-order valence-electron chi connectivity index (χ0n) is 9.86. The molecule has 4 heteroatoms. The number of carboxylic acid groups (broad SMARTS) is 1. The van der Waals surface area contributed by atoms with Crippen molar-refractivity contribution in [3.63, 3.8) is 0 Å². The Bertz CT molecular complexity index is 562. The third-order valence-electron chi connectivity index (χ3n) is 3.38. The van der Waals surface area contributed by atoms with Gasteiger partial charge in [-0.15, -0.1) is 0 Å². The lowest BCUT2D eigenvalue weighted by molar-refractivity contribution is -0.138. The van der Waals surface area contributed by atoms with Crippen molar-refractivity contribution in [2.24, 2.45) is 5.92 Å². The molecular formula is C14H14N2O2. The van der Waals surface area contributed by atoms with Gasteiger partial charge in [0.15, 0.2) is 0 Å². The van der Waals surface area contributed by atoms with E-state index in [1.807, 2.05) is 29.1 Å². The highest BCUT2D eigenvalue weighted by atomic mass is 16.4. The molecule has 1 aliphatic rings. The minimum atomic E-state index is -0.698. The first-order valence-electron chi connectivity index (χ1n) is 6.03. The van der Waals surface area contributed by atoms with E-state index >= 15 is 0 Å². The summed E-state index contributed by atoms with van der Waals surface area (Å²) in [6.45, 7) is 0.727. The van der Waals surface area contributed by atoms with Crippen molar-refractivity contribution in [3.05, 3.63) is 53.9 Å². The van der Waals surface area contributed by atoms with E-state index in [-0.39, 0.29) is 11.8 Å². The molecule has 1 aromatic carbocycles. The van der Waals surface area contributed by atoms with Crippen molar-refractivity contribution in [1.82, 2.24) is 9.78 Å². The largest absolute Gasteiger partial charge is 0.481 e. The standard InChI is InChI=1S/C14H14N2O2/c17-14(18)13-6-12(13)11-7-15-16(9-11)8-10-4-2-1-3-5-10/h1-5,7,9,12-13H,6,8H2,(H,17,18). The summed E-state index contributed by atoms with van der Waals surface area (Å²) in [6, 6.07) is 10.1. The number of aromatic nitrogens is 2. The molecule has 1 aromatic heterocycles. The maximum atomic E-state index is 10.8. The predicted octanol–water partition coefficient (Wildman–Crippen LogP) is 2.12. The molecule has 0 aliphatic heterocycles. The van der Waals surface area contributed by atoms with Gasteiger partial charge in [-0.05, 0) is 17.5 Å². The van der Waals surface area contributed by atoms with Gasteiger partial charge >= 0.3 is 5.97 Å². The lowest BCUT2D eigenvalue weighted by atomic mass is 10.2. The zero-order valence-corrected chi connectivity index (χ0v) is 9.86. The number of carbonyl (C=O) groups is 1. The van der Waals surface area contributed by atoms with Crippen LogP contribution in [-0.2, 0) is 11.3 Å². The second-order valence-corrected chi connectivity index (χ2v) is 4.74. The van der Waals surface area contributed by atoms with E-state index in [9.17, 15) is 4.79 Å². The first-order chi connectivity index (χ1) is 8.74. The van der Waals surface area contributed by atoms with Crippen LogP contribution in [0.5, 0.6) is 0 Å². The lowest BCUT2D eigenvalue weighted by Gasteiger charge is -2.00. The van der Waals surface area contributed by atoms with Crippen LogP contribution in [0.2, 0.25) is 0 Å². The van der Waals surface area contributed by atoms with Gasteiger partial charge in [-0.2, -0.15) is 5.10 Å². The Balaban J connectivity index is 1.69. The van der Waals surface area contributed by atoms with Gasteiger partial charge in [0, 0.05) is 12.1 Å². The van der Waals surface area contributed by atoms with Crippen LogP contribution in [0, 0.1) is 5.92 Å². The average Bonchev–Trinajstić information content (AvgIpc) is 3.05. The topological polar surface area (TPSA) is 55.1 Å². The van der Waals surface area contributed by atoms with Crippen LogP contribution in [0.25, 0.3) is 0 Å². The quantitative estimate of drug-likeness (QED) is 0.893. The second-order valence-electron chi connectivity index (χ2n) is 4.74. The molecule has 2 unspecified atom stereocenters. The summed E-state index contributed by atoms with van der Waals surface area (Å²) in [6.07, 6.45) is 4.49. The molecular weight excluding hydrogens is 228 g/mol. The van der Waals surface area contributed by atoms with Gasteiger partial charge in [-0.1, -0.05) is 30.3 Å². The minimum absolute atomic E-state index is 0.159. The maximum absolute atomic E-state index is 10.8. The fraction of sp³-hybridized carbons (Fsp3) is 0.286. The molecule has 3 rings (SSSR count). The number of aliphatic carboxylic acids is 1. The van der Waals surface area contributed by atoms with E-state index in [0.29, 0.717) is 0 Å². The zero-order chi connectivity index (χ0) is 12.5. The van der Waals surface area contributed by atoms with Crippen LogP contribution >= 0.6 is 0 Å². The van der Waals surface area contributed by atoms with Gasteiger partial charge in [0.25, 0.3) is 0 Å². The second kappa shape index (κ2) is 4.29. The van der Waals surface area contributed by atoms with Crippen LogP contribution in [0.15, 0.2) is 42.7 Å². The molecule has 2 aromatic rings. The first-order valence-corrected chi connectivity index (χ1v) is 6.03. The Labute approximate surface area is 105 Å². The third-order valence-corrected chi connectivity index (χ3v) is 3.38. The SMILES string of the molecule is O=C(O)C1CC1c1cnn(Cc2ccccc2)c1. The first kappa shape index (κ1) is 11.0. The van der Waals surface area contributed by atoms with Gasteiger partial charge in [0.05, 0.1) is 18.7 Å². The molecule has 1 heterocycles. The van der Waals surface area contributed by atoms with E-state index in [4.69, 9.17) is 5.11 Å². The van der Waals surface area contributed by atoms with E-state index in [1.165, 1.54) is 5.56 Å². The van der Waals surface area contributed by atoms with Gasteiger partial charge in [0.1, 0.15) is 0 Å². The van der Waals surface area contributed by atoms with E-state index in [1.54, 1.807) is 6.20 Å². The molecule has 0 bridgehead atoms. The fourth-order valence-corrected chi connectivity index (χ4v) is 2.26. The molecule has 0 amide bonds. The number of benzene rings is 1. The van der Waals surface area contributed by atoms with Gasteiger partial charge in [-0.25, -0.2) is 0 Å². The Morgan fingerprint density at radius 3 is 2.83 bits per heavy atom. The normalized spacial score (nSPS) is 21.8. The van der Waals surface area contributed by atoms with Gasteiger partial charge < -0.3 is 5.11 Å². The molecule has 1 saturated carbocycles. The Kier molecular flexibility index (Phi) is 2.63. The van der Waals surface area contributed by atoms with Gasteiger partial charge in [-0.3, -0.25) is 9.48 Å². The van der Waals surface area contributed by atoms with Crippen molar-refractivity contribution in [2.75, 3.05) is 0 Å². The van der Waals surface area contributed by atoms with E-state index < -0.39 is 5.97 Å². The Morgan fingerprint density at radius 2 is 2.17 bits per heavy atom. The monoisotopic (exact) mass is 242 g/mol. The summed E-state index contributed by atoms with van der Waals surface area (Å²) in [7, 11) is 0. The van der Waals surface area contributed by atoms with Crippen LogP contribution in [0.4, 0.5) is 0 Å². The van der Waals surface area contributed by atoms with Crippen molar-refractivity contribution in [1.29, 1.82) is 0 Å². The highest BCUT2D eigenvalue weighted by Crippen LogP contribution is 2.47. The molecule has 1 aliphatic carbocycles. The fourth-order valence-electron chi connectivity index (χ4n) is 2.26. The maximum Gasteiger partial charge on any atom is 0.307 e. The predicted molar refractivity (Wildman–Crippen MR) is 66.3 cm³/mol. The molecule has 18 heavy (non-hydrogen) atoms. The molecule has 0 radical (unpaired) electrons. The van der Waals surface area contributed by atoms with Crippen molar-refractivity contribution >= 4 is 5.97 Å².